The Morgan fingerprint density at radius 1 is 1.35 bits per heavy atom. The zero-order valence-electron chi connectivity index (χ0n) is 11.3. The highest BCUT2D eigenvalue weighted by atomic mass is 32.1. The molecule has 1 heterocycles. The Morgan fingerprint density at radius 3 is 2.55 bits per heavy atom. The molecule has 1 aliphatic carbocycles. The standard InChI is InChI=1S/C13H20N4O2S/c14-12(17-19)13(6-4-2-1-3-5-7-13)16-11(18)10-8-20-9-15-10/h8-9,19H,1-7H2,(H2,14,17)(H,16,18). The van der Waals surface area contributed by atoms with E-state index in [0.29, 0.717) is 18.5 Å². The fraction of sp³-hybridized carbons (Fsp3) is 0.615. The summed E-state index contributed by atoms with van der Waals surface area (Å²) in [4.78, 5) is 16.2. The highest BCUT2D eigenvalue weighted by Crippen LogP contribution is 2.27. The van der Waals surface area contributed by atoms with Gasteiger partial charge in [-0.1, -0.05) is 37.3 Å². The number of amidine groups is 1. The molecule has 0 bridgehead atoms. The minimum atomic E-state index is -0.754. The van der Waals surface area contributed by atoms with Gasteiger partial charge < -0.3 is 16.3 Å². The van der Waals surface area contributed by atoms with Crippen molar-refractivity contribution in [2.45, 2.75) is 50.5 Å². The van der Waals surface area contributed by atoms with Crippen LogP contribution in [0.3, 0.4) is 0 Å². The van der Waals surface area contributed by atoms with Gasteiger partial charge in [0.15, 0.2) is 5.84 Å². The smallest absolute Gasteiger partial charge is 0.271 e. The van der Waals surface area contributed by atoms with Gasteiger partial charge in [0.05, 0.1) is 5.51 Å². The van der Waals surface area contributed by atoms with E-state index in [1.165, 1.54) is 17.8 Å². The SMILES string of the molecule is NC(=NO)C1(NC(=O)c2cscn2)CCCCCCC1. The van der Waals surface area contributed by atoms with Gasteiger partial charge in [0.1, 0.15) is 11.2 Å². The molecule has 20 heavy (non-hydrogen) atoms. The van der Waals surface area contributed by atoms with Crippen LogP contribution in [0.15, 0.2) is 16.0 Å². The molecule has 0 aliphatic heterocycles. The van der Waals surface area contributed by atoms with Crippen molar-refractivity contribution in [3.8, 4) is 0 Å². The monoisotopic (exact) mass is 296 g/mol. The van der Waals surface area contributed by atoms with Gasteiger partial charge in [-0.25, -0.2) is 4.98 Å². The van der Waals surface area contributed by atoms with Crippen molar-refractivity contribution in [2.24, 2.45) is 10.9 Å². The maximum Gasteiger partial charge on any atom is 0.271 e. The maximum atomic E-state index is 12.2. The van der Waals surface area contributed by atoms with Crippen LogP contribution in [0.25, 0.3) is 0 Å². The second kappa shape index (κ2) is 6.69. The molecule has 1 amide bonds. The molecule has 0 atom stereocenters. The number of thiazole rings is 1. The van der Waals surface area contributed by atoms with Crippen LogP contribution in [0.1, 0.15) is 55.4 Å². The molecular weight excluding hydrogens is 276 g/mol. The largest absolute Gasteiger partial charge is 0.409 e. The lowest BCUT2D eigenvalue weighted by Crippen LogP contribution is -2.57. The van der Waals surface area contributed by atoms with Gasteiger partial charge in [0.25, 0.3) is 5.91 Å². The van der Waals surface area contributed by atoms with Crippen molar-refractivity contribution in [3.05, 3.63) is 16.6 Å². The quantitative estimate of drug-likeness (QED) is 0.344. The summed E-state index contributed by atoms with van der Waals surface area (Å²) in [6, 6.07) is 0. The normalized spacial score (nSPS) is 19.9. The van der Waals surface area contributed by atoms with Crippen LogP contribution in [0.2, 0.25) is 0 Å². The number of rotatable bonds is 3. The molecule has 0 spiro atoms. The Labute approximate surface area is 122 Å². The van der Waals surface area contributed by atoms with Crippen LogP contribution in [0.5, 0.6) is 0 Å². The third-order valence-electron chi connectivity index (χ3n) is 3.82. The van der Waals surface area contributed by atoms with E-state index in [1.807, 2.05) is 0 Å². The number of nitrogens with zero attached hydrogens (tertiary/aromatic N) is 2. The first-order chi connectivity index (χ1) is 9.68. The highest BCUT2D eigenvalue weighted by Gasteiger charge is 2.37. The molecule has 1 aromatic rings. The van der Waals surface area contributed by atoms with Crippen molar-refractivity contribution >= 4 is 23.1 Å². The third-order valence-corrected chi connectivity index (χ3v) is 4.41. The van der Waals surface area contributed by atoms with E-state index in [-0.39, 0.29) is 11.7 Å². The summed E-state index contributed by atoms with van der Waals surface area (Å²) in [6.07, 6.45) is 6.70. The second-order valence-corrected chi connectivity index (χ2v) is 5.88. The predicted octanol–water partition coefficient (Wildman–Crippen LogP) is 2.10. The first-order valence-electron chi connectivity index (χ1n) is 6.87. The molecule has 7 heteroatoms. The van der Waals surface area contributed by atoms with Crippen molar-refractivity contribution in [2.75, 3.05) is 0 Å². The lowest BCUT2D eigenvalue weighted by atomic mass is 9.82. The zero-order chi connectivity index (χ0) is 14.4. The molecule has 110 valence electrons. The molecule has 1 aromatic heterocycles. The molecule has 0 radical (unpaired) electrons. The summed E-state index contributed by atoms with van der Waals surface area (Å²) in [5.74, 6) is -0.179. The molecular formula is C13H20N4O2S. The Hall–Kier alpha value is -1.63. The van der Waals surface area contributed by atoms with E-state index >= 15 is 0 Å². The van der Waals surface area contributed by atoms with Crippen molar-refractivity contribution < 1.29 is 10.0 Å². The van der Waals surface area contributed by atoms with Gasteiger partial charge in [0.2, 0.25) is 0 Å². The van der Waals surface area contributed by atoms with Crippen molar-refractivity contribution in [1.29, 1.82) is 0 Å². The number of oxime groups is 1. The number of amides is 1. The summed E-state index contributed by atoms with van der Waals surface area (Å²) < 4.78 is 0. The second-order valence-electron chi connectivity index (χ2n) is 5.16. The van der Waals surface area contributed by atoms with Gasteiger partial charge in [-0.3, -0.25) is 4.79 Å². The molecule has 0 unspecified atom stereocenters. The molecule has 1 fully saturated rings. The first kappa shape index (κ1) is 14.8. The van der Waals surface area contributed by atoms with Crippen LogP contribution in [-0.4, -0.2) is 27.5 Å². The predicted molar refractivity (Wildman–Crippen MR) is 78.0 cm³/mol. The summed E-state index contributed by atoms with van der Waals surface area (Å²) in [5, 5.41) is 16.8. The van der Waals surface area contributed by atoms with Crippen molar-refractivity contribution in [1.82, 2.24) is 10.3 Å². The third kappa shape index (κ3) is 3.27. The summed E-state index contributed by atoms with van der Waals surface area (Å²) in [5.41, 5.74) is 7.11. The van der Waals surface area contributed by atoms with Crippen molar-refractivity contribution in [3.63, 3.8) is 0 Å². The number of carbonyl (C=O) groups is 1. The van der Waals surface area contributed by atoms with Gasteiger partial charge in [0, 0.05) is 5.38 Å². The van der Waals surface area contributed by atoms with Gasteiger partial charge in [-0.05, 0) is 12.8 Å². The van der Waals surface area contributed by atoms with Crippen LogP contribution in [-0.2, 0) is 0 Å². The molecule has 4 N–H and O–H groups in total. The lowest BCUT2D eigenvalue weighted by molar-refractivity contribution is 0.0906. The van der Waals surface area contributed by atoms with E-state index in [2.05, 4.69) is 15.5 Å². The van der Waals surface area contributed by atoms with Gasteiger partial charge in [-0.15, -0.1) is 11.3 Å². The summed E-state index contributed by atoms with van der Waals surface area (Å²) in [7, 11) is 0. The van der Waals surface area contributed by atoms with E-state index in [1.54, 1.807) is 10.9 Å². The number of hydrogen-bond acceptors (Lipinski definition) is 5. The number of nitrogens with one attached hydrogen (secondary N) is 1. The Bertz CT molecular complexity index is 465. The van der Waals surface area contributed by atoms with E-state index in [4.69, 9.17) is 10.9 Å². The molecule has 1 saturated carbocycles. The minimum Gasteiger partial charge on any atom is -0.409 e. The molecule has 6 nitrogen and oxygen atoms in total. The maximum absolute atomic E-state index is 12.2. The molecule has 2 rings (SSSR count). The minimum absolute atomic E-state index is 0.0861. The van der Waals surface area contributed by atoms with Gasteiger partial charge in [-0.2, -0.15) is 0 Å². The molecule has 0 aromatic carbocycles. The highest BCUT2D eigenvalue weighted by molar-refractivity contribution is 7.07. The average Bonchev–Trinajstić information content (AvgIpc) is 2.95. The average molecular weight is 296 g/mol. The summed E-state index contributed by atoms with van der Waals surface area (Å²) >= 11 is 1.37. The van der Waals surface area contributed by atoms with Crippen LogP contribution >= 0.6 is 11.3 Å². The zero-order valence-corrected chi connectivity index (χ0v) is 12.2. The number of aromatic nitrogens is 1. The van der Waals surface area contributed by atoms with E-state index < -0.39 is 5.54 Å². The Morgan fingerprint density at radius 2 is 2.00 bits per heavy atom. The Balaban J connectivity index is 2.19. The molecule has 0 saturated heterocycles. The van der Waals surface area contributed by atoms with Crippen LogP contribution < -0.4 is 11.1 Å². The summed E-state index contributed by atoms with van der Waals surface area (Å²) in [6.45, 7) is 0. The fourth-order valence-electron chi connectivity index (χ4n) is 2.66. The molecule has 1 aliphatic rings. The lowest BCUT2D eigenvalue weighted by Gasteiger charge is -2.34. The van der Waals surface area contributed by atoms with Gasteiger partial charge >= 0.3 is 0 Å². The van der Waals surface area contributed by atoms with E-state index in [0.717, 1.165) is 25.7 Å². The topological polar surface area (TPSA) is 101 Å². The Kier molecular flexibility index (Phi) is 4.94. The fourth-order valence-corrected chi connectivity index (χ4v) is 3.19. The van der Waals surface area contributed by atoms with E-state index in [9.17, 15) is 4.79 Å². The number of nitrogens with two attached hydrogens (primary N) is 1. The van der Waals surface area contributed by atoms with Crippen LogP contribution in [0.4, 0.5) is 0 Å². The number of hydrogen-bond donors (Lipinski definition) is 3. The van der Waals surface area contributed by atoms with Crippen LogP contribution in [0, 0.1) is 0 Å². The number of carbonyl (C=O) groups excluding carboxylic acids is 1. The first-order valence-corrected chi connectivity index (χ1v) is 7.81.